The Morgan fingerprint density at radius 1 is 0.919 bits per heavy atom. The summed E-state index contributed by atoms with van der Waals surface area (Å²) in [6.07, 6.45) is 19.6. The van der Waals surface area contributed by atoms with Crippen LogP contribution in [-0.2, 0) is 14.0 Å². The minimum Gasteiger partial charge on any atom is -0.417 e. The number of unbranched alkanes of at least 4 members (excludes halogenated alkanes) is 6. The predicted octanol–water partition coefficient (Wildman–Crippen LogP) is 9.07. The Balaban J connectivity index is 1.14. The highest BCUT2D eigenvalue weighted by Crippen LogP contribution is 2.61. The molecule has 0 radical (unpaired) electrons. The third kappa shape index (κ3) is 6.37. The van der Waals surface area contributed by atoms with E-state index in [2.05, 4.69) is 46.9 Å². The first kappa shape index (κ1) is 29.2. The molecule has 3 fully saturated rings. The first-order valence-electron chi connectivity index (χ1n) is 15.9. The highest BCUT2D eigenvalue weighted by atomic mass is 28.4. The second-order valence-electron chi connectivity index (χ2n) is 14.9. The van der Waals surface area contributed by atoms with E-state index in [0.717, 1.165) is 51.0 Å². The van der Waals surface area contributed by atoms with E-state index in [-0.39, 0.29) is 11.3 Å². The minimum atomic E-state index is -1.59. The fraction of sp³-hybridized carbons (Fsp3) is 0.879. The van der Waals surface area contributed by atoms with Crippen molar-refractivity contribution >= 4 is 19.9 Å². The van der Waals surface area contributed by atoms with Gasteiger partial charge in [-0.15, -0.1) is 0 Å². The van der Waals surface area contributed by atoms with Crippen LogP contribution in [0.2, 0.25) is 18.1 Å². The first-order valence-corrected chi connectivity index (χ1v) is 18.8. The van der Waals surface area contributed by atoms with Gasteiger partial charge in [-0.1, -0.05) is 71.8 Å². The van der Waals surface area contributed by atoms with Crippen LogP contribution >= 0.6 is 0 Å². The van der Waals surface area contributed by atoms with Gasteiger partial charge in [-0.3, -0.25) is 9.59 Å². The van der Waals surface area contributed by atoms with Crippen LogP contribution in [0.5, 0.6) is 0 Å². The SMILES string of the molecule is CC(C)(C)[Si](C)(C)OCCCCCCCCCC1C[C@H]2C(=CC1=O)CC[C@@H]1[C@@H]2CC[C@]2(C)C(=O)CC[C@@H]12. The van der Waals surface area contributed by atoms with Gasteiger partial charge >= 0.3 is 0 Å². The van der Waals surface area contributed by atoms with E-state index in [1.165, 1.54) is 63.4 Å². The Morgan fingerprint density at radius 3 is 2.30 bits per heavy atom. The maximum absolute atomic E-state index is 13.0. The van der Waals surface area contributed by atoms with Crippen LogP contribution in [-0.4, -0.2) is 26.5 Å². The van der Waals surface area contributed by atoms with Crippen LogP contribution in [0.1, 0.15) is 124 Å². The molecule has 0 spiro atoms. The lowest BCUT2D eigenvalue weighted by molar-refractivity contribution is -0.131. The van der Waals surface area contributed by atoms with E-state index in [9.17, 15) is 9.59 Å². The van der Waals surface area contributed by atoms with Crippen molar-refractivity contribution in [2.45, 2.75) is 142 Å². The van der Waals surface area contributed by atoms with Crippen molar-refractivity contribution in [2.75, 3.05) is 6.61 Å². The van der Waals surface area contributed by atoms with Crippen molar-refractivity contribution in [2.24, 2.45) is 35.0 Å². The van der Waals surface area contributed by atoms with Gasteiger partial charge in [0.05, 0.1) is 0 Å². The Labute approximate surface area is 229 Å². The van der Waals surface area contributed by atoms with Crippen LogP contribution in [0.3, 0.4) is 0 Å². The first-order chi connectivity index (χ1) is 17.4. The summed E-state index contributed by atoms with van der Waals surface area (Å²) >= 11 is 0. The predicted molar refractivity (Wildman–Crippen MR) is 156 cm³/mol. The summed E-state index contributed by atoms with van der Waals surface area (Å²) in [5, 5.41) is 0.303. The van der Waals surface area contributed by atoms with Crippen LogP contribution in [0.25, 0.3) is 0 Å². The van der Waals surface area contributed by atoms with E-state index in [4.69, 9.17) is 4.43 Å². The largest absolute Gasteiger partial charge is 0.417 e. The Hall–Kier alpha value is -0.743. The zero-order valence-electron chi connectivity index (χ0n) is 25.0. The molecule has 0 N–H and O–H groups in total. The number of hydrogen-bond acceptors (Lipinski definition) is 3. The Kier molecular flexibility index (Phi) is 9.31. The Morgan fingerprint density at radius 2 is 1.59 bits per heavy atom. The van der Waals surface area contributed by atoms with Gasteiger partial charge < -0.3 is 4.43 Å². The smallest absolute Gasteiger partial charge is 0.191 e. The average Bonchev–Trinajstić information content (AvgIpc) is 3.14. The maximum Gasteiger partial charge on any atom is 0.191 e. The lowest BCUT2D eigenvalue weighted by Crippen LogP contribution is -2.47. The quantitative estimate of drug-likeness (QED) is 0.198. The zero-order chi connectivity index (χ0) is 26.8. The van der Waals surface area contributed by atoms with E-state index in [1.54, 1.807) is 0 Å². The van der Waals surface area contributed by atoms with Gasteiger partial charge in [0.1, 0.15) is 5.78 Å². The summed E-state index contributed by atoms with van der Waals surface area (Å²) in [6.45, 7) is 14.8. The molecule has 6 atom stereocenters. The number of allylic oxidation sites excluding steroid dienone is 1. The van der Waals surface area contributed by atoms with Gasteiger partial charge in [-0.2, -0.15) is 0 Å². The number of ketones is 2. The third-order valence-corrected chi connectivity index (χ3v) is 16.2. The molecule has 4 rings (SSSR count). The summed E-state index contributed by atoms with van der Waals surface area (Å²) in [6, 6.07) is 0. The fourth-order valence-corrected chi connectivity index (χ4v) is 9.29. The van der Waals surface area contributed by atoms with Crippen molar-refractivity contribution < 1.29 is 14.0 Å². The average molecular weight is 529 g/mol. The molecule has 0 aromatic carbocycles. The van der Waals surface area contributed by atoms with Crippen molar-refractivity contribution in [1.82, 2.24) is 0 Å². The van der Waals surface area contributed by atoms with E-state index >= 15 is 0 Å². The summed E-state index contributed by atoms with van der Waals surface area (Å²) in [7, 11) is -1.59. The molecule has 0 heterocycles. The lowest BCUT2D eigenvalue weighted by atomic mass is 9.51. The van der Waals surface area contributed by atoms with E-state index < -0.39 is 8.32 Å². The maximum atomic E-state index is 13.0. The standard InChI is InChI=1S/C33H56O3Si/c1-32(2,3)37(5,6)36-21-13-11-9-7-8-10-12-14-25-22-28-24(23-30(25)34)15-16-27-26(28)19-20-33(4)29(27)17-18-31(33)35/h23,25-29H,7-22H2,1-6H3/t25?,26-,27+,28-,29-,33-/m0/s1. The number of carbonyl (C=O) groups is 2. The van der Waals surface area contributed by atoms with Crippen molar-refractivity contribution in [1.29, 1.82) is 0 Å². The number of Topliss-reactive ketones (excluding diaryl/α,β-unsaturated/α-hetero) is 1. The zero-order valence-corrected chi connectivity index (χ0v) is 26.0. The molecule has 0 aromatic heterocycles. The lowest BCUT2D eigenvalue weighted by Gasteiger charge is -2.52. The van der Waals surface area contributed by atoms with Gasteiger partial charge in [0, 0.05) is 24.4 Å². The second-order valence-corrected chi connectivity index (χ2v) is 19.7. The molecule has 0 saturated heterocycles. The second kappa shape index (κ2) is 11.8. The number of rotatable bonds is 11. The highest BCUT2D eigenvalue weighted by molar-refractivity contribution is 6.74. The van der Waals surface area contributed by atoms with Gasteiger partial charge in [0.25, 0.3) is 0 Å². The molecule has 0 bridgehead atoms. The van der Waals surface area contributed by atoms with Crippen LogP contribution < -0.4 is 0 Å². The van der Waals surface area contributed by atoms with Gasteiger partial charge in [-0.05, 0) is 99.2 Å². The molecule has 37 heavy (non-hydrogen) atoms. The van der Waals surface area contributed by atoms with Crippen LogP contribution in [0.15, 0.2) is 11.6 Å². The number of carbonyl (C=O) groups excluding carboxylic acids is 2. The van der Waals surface area contributed by atoms with Gasteiger partial charge in [-0.25, -0.2) is 0 Å². The monoisotopic (exact) mass is 528 g/mol. The molecule has 0 aromatic rings. The van der Waals surface area contributed by atoms with Crippen molar-refractivity contribution in [3.63, 3.8) is 0 Å². The molecule has 3 nitrogen and oxygen atoms in total. The third-order valence-electron chi connectivity index (χ3n) is 11.7. The molecule has 4 heteroatoms. The molecule has 4 aliphatic carbocycles. The summed E-state index contributed by atoms with van der Waals surface area (Å²) in [5.74, 6) is 3.87. The van der Waals surface area contributed by atoms with Gasteiger partial charge in [0.2, 0.25) is 0 Å². The molecular formula is C33H56O3Si. The normalized spacial score (nSPS) is 34.1. The molecule has 0 aliphatic heterocycles. The fourth-order valence-electron chi connectivity index (χ4n) is 8.21. The summed E-state index contributed by atoms with van der Waals surface area (Å²) in [4.78, 5) is 25.6. The summed E-state index contributed by atoms with van der Waals surface area (Å²) in [5.41, 5.74) is 1.43. The van der Waals surface area contributed by atoms with E-state index in [1.807, 2.05) is 0 Å². The summed E-state index contributed by atoms with van der Waals surface area (Å²) < 4.78 is 6.30. The van der Waals surface area contributed by atoms with Gasteiger partial charge in [0.15, 0.2) is 14.1 Å². The molecular weight excluding hydrogens is 472 g/mol. The molecule has 1 unspecified atom stereocenters. The van der Waals surface area contributed by atoms with Crippen molar-refractivity contribution in [3.05, 3.63) is 11.6 Å². The minimum absolute atomic E-state index is 0.0377. The molecule has 0 amide bonds. The highest BCUT2D eigenvalue weighted by Gasteiger charge is 2.56. The van der Waals surface area contributed by atoms with Crippen LogP contribution in [0.4, 0.5) is 0 Å². The number of fused-ring (bicyclic) bond motifs is 5. The van der Waals surface area contributed by atoms with Crippen molar-refractivity contribution in [3.8, 4) is 0 Å². The molecule has 210 valence electrons. The Bertz CT molecular complexity index is 852. The molecule has 4 aliphatic rings. The van der Waals surface area contributed by atoms with E-state index in [0.29, 0.717) is 34.4 Å². The molecule has 3 saturated carbocycles. The topological polar surface area (TPSA) is 43.4 Å². The number of hydrogen-bond donors (Lipinski definition) is 0. The van der Waals surface area contributed by atoms with Crippen LogP contribution in [0, 0.1) is 35.0 Å².